The van der Waals surface area contributed by atoms with Gasteiger partial charge in [-0.15, -0.1) is 0 Å². The number of carbonyl (C=O) groups excluding carboxylic acids is 4. The van der Waals surface area contributed by atoms with Crippen LogP contribution in [0.4, 0.5) is 0 Å². The molecule has 258 valence electrons. The molecule has 0 unspecified atom stereocenters. The van der Waals surface area contributed by atoms with Crippen LogP contribution in [0.3, 0.4) is 0 Å². The normalized spacial score (nSPS) is 11.8. The van der Waals surface area contributed by atoms with Gasteiger partial charge in [0.15, 0.2) is 23.1 Å². The predicted molar refractivity (Wildman–Crippen MR) is 203 cm³/mol. The Labute approximate surface area is 292 Å². The molecular formula is C42H46N4O4. The molecule has 6 rings (SSSR count). The Morgan fingerprint density at radius 3 is 1.32 bits per heavy atom. The highest BCUT2D eigenvalue weighted by Crippen LogP contribution is 2.33. The van der Waals surface area contributed by atoms with E-state index in [-0.39, 0.29) is 36.0 Å². The van der Waals surface area contributed by atoms with E-state index in [2.05, 4.69) is 40.5 Å². The molecular weight excluding hydrogens is 624 g/mol. The van der Waals surface area contributed by atoms with Crippen molar-refractivity contribution in [3.05, 3.63) is 95.1 Å². The minimum atomic E-state index is -0.103. The van der Waals surface area contributed by atoms with Gasteiger partial charge in [0.2, 0.25) is 0 Å². The Hall–Kier alpha value is -4.92. The standard InChI is InChI=1S/C42H46N4O4/c1-6-17-43-18-20-45-37-11-7-29(27(4)47)22-33(37)35-24-31(9-13-39(35)45)41(49)15-16-42(50)32-10-14-40-36(25-32)34-23-30(28(5)48)8-12-38(34)46(40)21-19-44-26(2)3/h7-14,22-26,43-44H,6,15-21H2,1-5H3. The van der Waals surface area contributed by atoms with Gasteiger partial charge in [0.1, 0.15) is 0 Å². The van der Waals surface area contributed by atoms with Gasteiger partial charge in [-0.1, -0.05) is 20.8 Å². The fourth-order valence-electron chi connectivity index (χ4n) is 6.95. The van der Waals surface area contributed by atoms with E-state index in [0.717, 1.165) is 82.8 Å². The highest BCUT2D eigenvalue weighted by atomic mass is 16.1. The van der Waals surface area contributed by atoms with E-state index in [9.17, 15) is 19.2 Å². The Kier molecular flexibility index (Phi) is 10.4. The summed E-state index contributed by atoms with van der Waals surface area (Å²) in [5.41, 5.74) is 6.40. The summed E-state index contributed by atoms with van der Waals surface area (Å²) >= 11 is 0. The van der Waals surface area contributed by atoms with Gasteiger partial charge in [0, 0.05) is 111 Å². The van der Waals surface area contributed by atoms with Gasteiger partial charge in [0.05, 0.1) is 0 Å². The van der Waals surface area contributed by atoms with Gasteiger partial charge in [-0.25, -0.2) is 0 Å². The number of nitrogens with zero attached hydrogens (tertiary/aromatic N) is 2. The van der Waals surface area contributed by atoms with Gasteiger partial charge in [0.25, 0.3) is 0 Å². The van der Waals surface area contributed by atoms with Crippen molar-refractivity contribution in [3.63, 3.8) is 0 Å². The number of ketones is 4. The first-order valence-corrected chi connectivity index (χ1v) is 17.7. The number of hydrogen-bond acceptors (Lipinski definition) is 6. The van der Waals surface area contributed by atoms with Crippen LogP contribution < -0.4 is 10.6 Å². The van der Waals surface area contributed by atoms with Crippen molar-refractivity contribution < 1.29 is 19.2 Å². The molecule has 0 aliphatic heterocycles. The van der Waals surface area contributed by atoms with Crippen LogP contribution in [0.1, 0.15) is 95.3 Å². The first kappa shape index (κ1) is 34.9. The third-order valence-corrected chi connectivity index (χ3v) is 9.59. The molecule has 8 heteroatoms. The van der Waals surface area contributed by atoms with E-state index in [1.807, 2.05) is 72.8 Å². The van der Waals surface area contributed by atoms with Crippen LogP contribution >= 0.6 is 0 Å². The monoisotopic (exact) mass is 670 g/mol. The first-order chi connectivity index (χ1) is 24.1. The van der Waals surface area contributed by atoms with E-state index < -0.39 is 0 Å². The molecule has 8 nitrogen and oxygen atoms in total. The van der Waals surface area contributed by atoms with Gasteiger partial charge in [-0.3, -0.25) is 19.2 Å². The number of Topliss-reactive ketones (excluding diaryl/α,β-unsaturated/α-hetero) is 4. The lowest BCUT2D eigenvalue weighted by Gasteiger charge is -2.11. The largest absolute Gasteiger partial charge is 0.339 e. The Morgan fingerprint density at radius 2 is 0.940 bits per heavy atom. The maximum Gasteiger partial charge on any atom is 0.163 e. The SMILES string of the molecule is CCCNCCn1c2ccc(C(C)=O)cc2c2cc(C(=O)CCC(=O)c3ccc4c(c3)c3cc(C(C)=O)ccc3n4CCNC(C)C)ccc21. The summed E-state index contributed by atoms with van der Waals surface area (Å²) in [4.78, 5) is 51.6. The molecule has 6 aromatic rings. The number of benzene rings is 4. The third-order valence-electron chi connectivity index (χ3n) is 9.59. The van der Waals surface area contributed by atoms with Crippen molar-refractivity contribution in [2.24, 2.45) is 0 Å². The van der Waals surface area contributed by atoms with Crippen molar-refractivity contribution in [2.45, 2.75) is 73.0 Å². The number of carbonyl (C=O) groups is 4. The molecule has 0 atom stereocenters. The zero-order valence-electron chi connectivity index (χ0n) is 29.7. The van der Waals surface area contributed by atoms with E-state index in [1.165, 1.54) is 0 Å². The van der Waals surface area contributed by atoms with Crippen molar-refractivity contribution in [1.82, 2.24) is 19.8 Å². The summed E-state index contributed by atoms with van der Waals surface area (Å²) in [6.07, 6.45) is 1.22. The molecule has 0 saturated carbocycles. The molecule has 0 fully saturated rings. The summed E-state index contributed by atoms with van der Waals surface area (Å²) in [5, 5.41) is 10.7. The summed E-state index contributed by atoms with van der Waals surface area (Å²) in [7, 11) is 0. The first-order valence-electron chi connectivity index (χ1n) is 17.7. The van der Waals surface area contributed by atoms with Gasteiger partial charge < -0.3 is 19.8 Å². The molecule has 50 heavy (non-hydrogen) atoms. The Balaban J connectivity index is 1.26. The molecule has 0 spiro atoms. The molecule has 0 amide bonds. The highest BCUT2D eigenvalue weighted by Gasteiger charge is 2.19. The molecule has 0 saturated heterocycles. The molecule has 0 aliphatic rings. The van der Waals surface area contributed by atoms with Gasteiger partial charge >= 0.3 is 0 Å². The Bertz CT molecular complexity index is 2270. The molecule has 2 N–H and O–H groups in total. The van der Waals surface area contributed by atoms with Crippen LogP contribution in [0, 0.1) is 0 Å². The number of hydrogen-bond donors (Lipinski definition) is 2. The topological polar surface area (TPSA) is 102 Å². The van der Waals surface area contributed by atoms with E-state index in [4.69, 9.17) is 0 Å². The fourth-order valence-corrected chi connectivity index (χ4v) is 6.95. The van der Waals surface area contributed by atoms with Crippen LogP contribution in [0.5, 0.6) is 0 Å². The second kappa shape index (κ2) is 14.9. The lowest BCUT2D eigenvalue weighted by atomic mass is 9.98. The molecule has 0 bridgehead atoms. The average Bonchev–Trinajstić information content (AvgIpc) is 3.59. The Morgan fingerprint density at radius 1 is 0.560 bits per heavy atom. The van der Waals surface area contributed by atoms with E-state index in [1.54, 1.807) is 13.8 Å². The number of nitrogens with one attached hydrogen (secondary N) is 2. The van der Waals surface area contributed by atoms with Crippen LogP contribution in [-0.4, -0.2) is 57.9 Å². The van der Waals surface area contributed by atoms with Crippen LogP contribution in [-0.2, 0) is 13.1 Å². The van der Waals surface area contributed by atoms with Crippen LogP contribution in [0.15, 0.2) is 72.8 Å². The zero-order valence-corrected chi connectivity index (χ0v) is 29.7. The minimum absolute atomic E-state index is 0.00617. The summed E-state index contributed by atoms with van der Waals surface area (Å²) in [6, 6.07) is 23.3. The maximum absolute atomic E-state index is 13.6. The van der Waals surface area contributed by atoms with E-state index >= 15 is 0 Å². The quantitative estimate of drug-likeness (QED) is 0.0796. The van der Waals surface area contributed by atoms with Crippen molar-refractivity contribution in [3.8, 4) is 0 Å². The lowest BCUT2D eigenvalue weighted by molar-refractivity contribution is 0.0917. The molecule has 2 heterocycles. The van der Waals surface area contributed by atoms with Gasteiger partial charge in [-0.2, -0.15) is 0 Å². The smallest absolute Gasteiger partial charge is 0.163 e. The van der Waals surface area contributed by atoms with Gasteiger partial charge in [-0.05, 0) is 99.6 Å². The molecule has 0 radical (unpaired) electrons. The average molecular weight is 671 g/mol. The summed E-state index contributed by atoms with van der Waals surface area (Å²) < 4.78 is 4.47. The zero-order chi connectivity index (χ0) is 35.5. The third kappa shape index (κ3) is 7.04. The number of rotatable bonds is 16. The molecule has 0 aliphatic carbocycles. The van der Waals surface area contributed by atoms with E-state index in [0.29, 0.717) is 28.3 Å². The maximum atomic E-state index is 13.6. The molecule has 2 aromatic heterocycles. The van der Waals surface area contributed by atoms with Crippen molar-refractivity contribution in [2.75, 3.05) is 19.6 Å². The number of fused-ring (bicyclic) bond motifs is 6. The van der Waals surface area contributed by atoms with Crippen LogP contribution in [0.2, 0.25) is 0 Å². The second-order valence-corrected chi connectivity index (χ2v) is 13.5. The molecule has 4 aromatic carbocycles. The van der Waals surface area contributed by atoms with Crippen molar-refractivity contribution in [1.29, 1.82) is 0 Å². The number of aromatic nitrogens is 2. The predicted octanol–water partition coefficient (Wildman–Crippen LogP) is 8.15. The van der Waals surface area contributed by atoms with Crippen molar-refractivity contribution >= 4 is 66.7 Å². The summed E-state index contributed by atoms with van der Waals surface area (Å²) in [5.74, 6) is -0.219. The lowest BCUT2D eigenvalue weighted by Crippen LogP contribution is -2.26. The fraction of sp³-hybridized carbons (Fsp3) is 0.333. The minimum Gasteiger partial charge on any atom is -0.339 e. The van der Waals surface area contributed by atoms with Crippen LogP contribution in [0.25, 0.3) is 43.6 Å². The summed E-state index contributed by atoms with van der Waals surface area (Å²) in [6.45, 7) is 13.5. The highest BCUT2D eigenvalue weighted by molar-refractivity contribution is 6.15. The second-order valence-electron chi connectivity index (χ2n) is 13.5.